The zero-order valence-electron chi connectivity index (χ0n) is 14.4. The number of carbonyl (C=O) groups is 3. The van der Waals surface area contributed by atoms with E-state index in [4.69, 9.17) is 11.6 Å². The summed E-state index contributed by atoms with van der Waals surface area (Å²) in [6.45, 7) is 5.21. The van der Waals surface area contributed by atoms with Gasteiger partial charge in [-0.3, -0.25) is 14.5 Å². The fourth-order valence-electron chi connectivity index (χ4n) is 2.56. The number of nitrogens with zero attached hydrogens (tertiary/aromatic N) is 1. The van der Waals surface area contributed by atoms with Crippen molar-refractivity contribution in [3.8, 4) is 0 Å². The number of halogens is 2. The average molecular weight is 370 g/mol. The molecular weight excluding hydrogens is 349 g/mol. The van der Waals surface area contributed by atoms with Crippen molar-refractivity contribution in [2.45, 2.75) is 39.2 Å². The molecule has 1 unspecified atom stereocenters. The Balaban J connectivity index is 2.03. The van der Waals surface area contributed by atoms with Crippen LogP contribution in [0.15, 0.2) is 18.2 Å². The lowest BCUT2D eigenvalue weighted by molar-refractivity contribution is -0.133. The average Bonchev–Trinajstić information content (AvgIpc) is 2.72. The molecule has 0 aromatic heterocycles. The standard InChI is InChI=1S/C17H21ClFN3O3/c1-10(2)6-7-17(3)15(24)22(16(25)21-17)9-14(23)20-13-5-4-11(18)8-12(13)19/h4-5,8,10H,6-7,9H2,1-3H3,(H,20,23)(H,21,25). The Morgan fingerprint density at radius 3 is 2.68 bits per heavy atom. The van der Waals surface area contributed by atoms with Crippen LogP contribution in [0.4, 0.5) is 14.9 Å². The van der Waals surface area contributed by atoms with Crippen molar-refractivity contribution in [2.24, 2.45) is 5.92 Å². The number of benzene rings is 1. The lowest BCUT2D eigenvalue weighted by Crippen LogP contribution is -2.44. The third-order valence-electron chi connectivity index (χ3n) is 4.07. The SMILES string of the molecule is CC(C)CCC1(C)NC(=O)N(CC(=O)Nc2ccc(Cl)cc2F)C1=O. The summed E-state index contributed by atoms with van der Waals surface area (Å²) in [6.07, 6.45) is 1.25. The summed E-state index contributed by atoms with van der Waals surface area (Å²) >= 11 is 5.65. The number of urea groups is 1. The summed E-state index contributed by atoms with van der Waals surface area (Å²) in [5, 5.41) is 5.18. The fourth-order valence-corrected chi connectivity index (χ4v) is 2.72. The molecule has 4 amide bonds. The van der Waals surface area contributed by atoms with Gasteiger partial charge >= 0.3 is 6.03 Å². The van der Waals surface area contributed by atoms with E-state index < -0.39 is 35.7 Å². The predicted octanol–water partition coefficient (Wildman–Crippen LogP) is 3.16. The van der Waals surface area contributed by atoms with E-state index in [-0.39, 0.29) is 10.7 Å². The number of carbonyl (C=O) groups excluding carboxylic acids is 3. The molecule has 1 aliphatic rings. The summed E-state index contributed by atoms with van der Waals surface area (Å²) < 4.78 is 13.7. The topological polar surface area (TPSA) is 78.5 Å². The van der Waals surface area contributed by atoms with Crippen LogP contribution < -0.4 is 10.6 Å². The van der Waals surface area contributed by atoms with Crippen molar-refractivity contribution in [3.05, 3.63) is 29.0 Å². The molecule has 6 nitrogen and oxygen atoms in total. The van der Waals surface area contributed by atoms with E-state index in [9.17, 15) is 18.8 Å². The molecule has 8 heteroatoms. The van der Waals surface area contributed by atoms with Crippen molar-refractivity contribution < 1.29 is 18.8 Å². The number of anilines is 1. The van der Waals surface area contributed by atoms with Crippen LogP contribution in [0.5, 0.6) is 0 Å². The second kappa shape index (κ2) is 7.39. The zero-order chi connectivity index (χ0) is 18.8. The molecule has 0 bridgehead atoms. The molecule has 2 N–H and O–H groups in total. The van der Waals surface area contributed by atoms with E-state index >= 15 is 0 Å². The van der Waals surface area contributed by atoms with Crippen LogP contribution in [-0.4, -0.2) is 34.8 Å². The Kier molecular flexibility index (Phi) is 5.67. The number of hydrogen-bond acceptors (Lipinski definition) is 3. The largest absolute Gasteiger partial charge is 0.325 e. The number of nitrogens with one attached hydrogen (secondary N) is 2. The smallest absolute Gasteiger partial charge is 0.323 e. The summed E-state index contributed by atoms with van der Waals surface area (Å²) in [5.41, 5.74) is -1.09. The van der Waals surface area contributed by atoms with E-state index in [2.05, 4.69) is 10.6 Å². The van der Waals surface area contributed by atoms with E-state index in [0.717, 1.165) is 17.4 Å². The molecule has 0 radical (unpaired) electrons. The highest BCUT2D eigenvalue weighted by molar-refractivity contribution is 6.30. The second-order valence-electron chi connectivity index (χ2n) is 6.76. The maximum atomic E-state index is 13.7. The van der Waals surface area contributed by atoms with Gasteiger partial charge in [-0.25, -0.2) is 9.18 Å². The van der Waals surface area contributed by atoms with Gasteiger partial charge in [-0.1, -0.05) is 25.4 Å². The summed E-state index contributed by atoms with van der Waals surface area (Å²) in [4.78, 5) is 37.5. The Bertz CT molecular complexity index is 710. The molecule has 1 aromatic carbocycles. The van der Waals surface area contributed by atoms with Crippen LogP contribution in [0.3, 0.4) is 0 Å². The van der Waals surface area contributed by atoms with Gasteiger partial charge in [-0.2, -0.15) is 0 Å². The molecule has 25 heavy (non-hydrogen) atoms. The first-order chi connectivity index (χ1) is 11.6. The van der Waals surface area contributed by atoms with Crippen molar-refractivity contribution in [3.63, 3.8) is 0 Å². The lowest BCUT2D eigenvalue weighted by Gasteiger charge is -2.22. The van der Waals surface area contributed by atoms with Crippen molar-refractivity contribution >= 4 is 35.1 Å². The van der Waals surface area contributed by atoms with Crippen LogP contribution >= 0.6 is 11.6 Å². The van der Waals surface area contributed by atoms with Gasteiger partial charge in [0.05, 0.1) is 5.69 Å². The van der Waals surface area contributed by atoms with Crippen LogP contribution in [0, 0.1) is 11.7 Å². The summed E-state index contributed by atoms with van der Waals surface area (Å²) in [7, 11) is 0. The minimum atomic E-state index is -1.02. The molecule has 1 saturated heterocycles. The predicted molar refractivity (Wildman–Crippen MR) is 92.8 cm³/mol. The van der Waals surface area contributed by atoms with Gasteiger partial charge in [-0.15, -0.1) is 0 Å². The van der Waals surface area contributed by atoms with Crippen LogP contribution in [0.2, 0.25) is 5.02 Å². The Labute approximate surface area is 150 Å². The highest BCUT2D eigenvalue weighted by Gasteiger charge is 2.47. The normalized spacial score (nSPS) is 20.2. The number of hydrogen-bond donors (Lipinski definition) is 2. The minimum absolute atomic E-state index is 0.0657. The zero-order valence-corrected chi connectivity index (χ0v) is 15.1. The maximum absolute atomic E-state index is 13.7. The van der Waals surface area contributed by atoms with E-state index in [1.165, 1.54) is 12.1 Å². The molecule has 1 heterocycles. The van der Waals surface area contributed by atoms with Gasteiger partial charge in [0, 0.05) is 5.02 Å². The number of amides is 4. The molecule has 0 saturated carbocycles. The Morgan fingerprint density at radius 1 is 1.40 bits per heavy atom. The van der Waals surface area contributed by atoms with Crippen LogP contribution in [-0.2, 0) is 9.59 Å². The molecular formula is C17H21ClFN3O3. The minimum Gasteiger partial charge on any atom is -0.323 e. The first-order valence-electron chi connectivity index (χ1n) is 8.01. The third-order valence-corrected chi connectivity index (χ3v) is 4.31. The first kappa shape index (κ1) is 19.2. The summed E-state index contributed by atoms with van der Waals surface area (Å²) in [6, 6.07) is 3.18. The first-order valence-corrected chi connectivity index (χ1v) is 8.39. The maximum Gasteiger partial charge on any atom is 0.325 e. The van der Waals surface area contributed by atoms with Crippen LogP contribution in [0.25, 0.3) is 0 Å². The molecule has 1 atom stereocenters. The molecule has 136 valence electrons. The quantitative estimate of drug-likeness (QED) is 0.756. The van der Waals surface area contributed by atoms with Gasteiger partial charge in [0.1, 0.15) is 17.9 Å². The van der Waals surface area contributed by atoms with Crippen molar-refractivity contribution in [1.82, 2.24) is 10.2 Å². The highest BCUT2D eigenvalue weighted by atomic mass is 35.5. The molecule has 0 aliphatic carbocycles. The lowest BCUT2D eigenvalue weighted by atomic mass is 9.92. The van der Waals surface area contributed by atoms with Gasteiger partial charge in [0.15, 0.2) is 0 Å². The number of imide groups is 1. The monoisotopic (exact) mass is 369 g/mol. The summed E-state index contributed by atoms with van der Waals surface area (Å²) in [5.74, 6) is -1.44. The molecule has 1 fully saturated rings. The van der Waals surface area contributed by atoms with Gasteiger partial charge in [-0.05, 0) is 43.9 Å². The van der Waals surface area contributed by atoms with Crippen molar-refractivity contribution in [1.29, 1.82) is 0 Å². The molecule has 0 spiro atoms. The van der Waals surface area contributed by atoms with Gasteiger partial charge in [0.25, 0.3) is 5.91 Å². The molecule has 1 aromatic rings. The van der Waals surface area contributed by atoms with Gasteiger partial charge in [0.2, 0.25) is 5.91 Å². The van der Waals surface area contributed by atoms with Crippen molar-refractivity contribution in [2.75, 3.05) is 11.9 Å². The molecule has 2 rings (SSSR count). The van der Waals surface area contributed by atoms with E-state index in [1.54, 1.807) is 6.92 Å². The van der Waals surface area contributed by atoms with Gasteiger partial charge < -0.3 is 10.6 Å². The van der Waals surface area contributed by atoms with Crippen LogP contribution in [0.1, 0.15) is 33.6 Å². The second-order valence-corrected chi connectivity index (χ2v) is 7.19. The number of rotatable bonds is 6. The Hall–Kier alpha value is -2.15. The third kappa shape index (κ3) is 4.48. The van der Waals surface area contributed by atoms with E-state index in [1.807, 2.05) is 13.8 Å². The molecule has 1 aliphatic heterocycles. The fraction of sp³-hybridized carbons (Fsp3) is 0.471. The van der Waals surface area contributed by atoms with E-state index in [0.29, 0.717) is 12.3 Å². The highest BCUT2D eigenvalue weighted by Crippen LogP contribution is 2.25. The Morgan fingerprint density at radius 2 is 2.08 bits per heavy atom.